The SMILES string of the molecule is O=C(c1ccccc1C(=O)N1CCCCC1)C(CN1CCCCC1)c1ccccc1. The highest BCUT2D eigenvalue weighted by Gasteiger charge is 2.29. The van der Waals surface area contributed by atoms with Crippen molar-refractivity contribution in [1.29, 1.82) is 0 Å². The third kappa shape index (κ3) is 4.81. The van der Waals surface area contributed by atoms with Gasteiger partial charge in [-0.25, -0.2) is 0 Å². The molecule has 2 aliphatic heterocycles. The lowest BCUT2D eigenvalue weighted by molar-refractivity contribution is 0.0718. The molecule has 2 aromatic rings. The number of rotatable bonds is 6. The lowest BCUT2D eigenvalue weighted by atomic mass is 9.87. The number of ketones is 1. The Morgan fingerprint density at radius 1 is 0.700 bits per heavy atom. The van der Waals surface area contributed by atoms with Crippen LogP contribution in [-0.4, -0.2) is 54.2 Å². The van der Waals surface area contributed by atoms with Crippen LogP contribution in [0.15, 0.2) is 54.6 Å². The first-order valence-electron chi connectivity index (χ1n) is 11.4. The maximum atomic E-state index is 13.8. The van der Waals surface area contributed by atoms with Crippen molar-refractivity contribution >= 4 is 11.7 Å². The zero-order valence-electron chi connectivity index (χ0n) is 17.8. The number of likely N-dealkylation sites (tertiary alicyclic amines) is 2. The number of piperidine rings is 2. The molecule has 0 N–H and O–H groups in total. The number of carbonyl (C=O) groups is 2. The summed E-state index contributed by atoms with van der Waals surface area (Å²) in [7, 11) is 0. The van der Waals surface area contributed by atoms with Crippen LogP contribution in [0.5, 0.6) is 0 Å². The summed E-state index contributed by atoms with van der Waals surface area (Å²) in [6, 6.07) is 17.5. The van der Waals surface area contributed by atoms with E-state index in [-0.39, 0.29) is 17.6 Å². The molecule has 0 saturated carbocycles. The molecule has 2 fully saturated rings. The van der Waals surface area contributed by atoms with Crippen molar-refractivity contribution in [3.63, 3.8) is 0 Å². The Kier molecular flexibility index (Phi) is 6.96. The highest BCUT2D eigenvalue weighted by molar-refractivity contribution is 6.10. The minimum absolute atomic E-state index is 0.00318. The molecule has 1 atom stereocenters. The molecular formula is C26H32N2O2. The van der Waals surface area contributed by atoms with Crippen LogP contribution in [-0.2, 0) is 0 Å². The molecule has 158 valence electrons. The second kappa shape index (κ2) is 10.0. The molecule has 1 unspecified atom stereocenters. The number of amides is 1. The summed E-state index contributed by atoms with van der Waals surface area (Å²) in [6.45, 7) is 4.39. The molecule has 0 aliphatic carbocycles. The zero-order valence-corrected chi connectivity index (χ0v) is 17.8. The van der Waals surface area contributed by atoms with Crippen molar-refractivity contribution in [2.45, 2.75) is 44.4 Å². The van der Waals surface area contributed by atoms with Crippen LogP contribution in [0.3, 0.4) is 0 Å². The lowest BCUT2D eigenvalue weighted by Crippen LogP contribution is -2.38. The van der Waals surface area contributed by atoms with E-state index in [1.165, 1.54) is 25.7 Å². The molecule has 0 bridgehead atoms. The zero-order chi connectivity index (χ0) is 20.8. The molecular weight excluding hydrogens is 372 g/mol. The van der Waals surface area contributed by atoms with Crippen molar-refractivity contribution in [2.24, 2.45) is 0 Å². The van der Waals surface area contributed by atoms with Crippen LogP contribution in [0.2, 0.25) is 0 Å². The van der Waals surface area contributed by atoms with Gasteiger partial charge in [-0.2, -0.15) is 0 Å². The van der Waals surface area contributed by atoms with Gasteiger partial charge < -0.3 is 9.80 Å². The molecule has 0 aromatic heterocycles. The maximum Gasteiger partial charge on any atom is 0.254 e. The molecule has 0 radical (unpaired) electrons. The Balaban J connectivity index is 1.63. The Morgan fingerprint density at radius 2 is 1.27 bits per heavy atom. The molecule has 1 amide bonds. The van der Waals surface area contributed by atoms with Crippen molar-refractivity contribution in [3.05, 3.63) is 71.3 Å². The van der Waals surface area contributed by atoms with Gasteiger partial charge in [0.25, 0.3) is 5.91 Å². The fourth-order valence-corrected chi connectivity index (χ4v) is 4.76. The topological polar surface area (TPSA) is 40.6 Å². The van der Waals surface area contributed by atoms with Gasteiger partial charge in [-0.1, -0.05) is 55.0 Å². The molecule has 2 aromatic carbocycles. The number of nitrogens with zero attached hydrogens (tertiary/aromatic N) is 2. The van der Waals surface area contributed by atoms with Gasteiger partial charge in [0.05, 0.1) is 11.5 Å². The van der Waals surface area contributed by atoms with Gasteiger partial charge in [0.15, 0.2) is 5.78 Å². The predicted molar refractivity (Wildman–Crippen MR) is 120 cm³/mol. The van der Waals surface area contributed by atoms with E-state index in [0.29, 0.717) is 11.1 Å². The standard InChI is InChI=1S/C26H32N2O2/c29-25(22-14-6-7-15-23(22)26(30)28-18-10-3-11-19-28)24(21-12-4-1-5-13-21)20-27-16-8-2-9-17-27/h1,4-7,12-15,24H,2-3,8-11,16-20H2. The van der Waals surface area contributed by atoms with Gasteiger partial charge >= 0.3 is 0 Å². The second-order valence-corrected chi connectivity index (χ2v) is 8.59. The molecule has 30 heavy (non-hydrogen) atoms. The molecule has 0 spiro atoms. The summed E-state index contributed by atoms with van der Waals surface area (Å²) >= 11 is 0. The smallest absolute Gasteiger partial charge is 0.254 e. The summed E-state index contributed by atoms with van der Waals surface area (Å²) in [6.07, 6.45) is 6.93. The van der Waals surface area contributed by atoms with Gasteiger partial charge in [0.1, 0.15) is 0 Å². The third-order valence-corrected chi connectivity index (χ3v) is 6.47. The lowest BCUT2D eigenvalue weighted by Gasteiger charge is -2.31. The van der Waals surface area contributed by atoms with Gasteiger partial charge in [-0.15, -0.1) is 0 Å². The summed E-state index contributed by atoms with van der Waals surface area (Å²) in [5.41, 5.74) is 2.16. The van der Waals surface area contributed by atoms with E-state index < -0.39 is 0 Å². The van der Waals surface area contributed by atoms with Crippen LogP contribution in [0.4, 0.5) is 0 Å². The summed E-state index contributed by atoms with van der Waals surface area (Å²) in [5.74, 6) is -0.184. The van der Waals surface area contributed by atoms with Crippen LogP contribution in [0.25, 0.3) is 0 Å². The highest BCUT2D eigenvalue weighted by Crippen LogP contribution is 2.26. The van der Waals surface area contributed by atoms with E-state index >= 15 is 0 Å². The van der Waals surface area contributed by atoms with Crippen molar-refractivity contribution in [3.8, 4) is 0 Å². The number of Topliss-reactive ketones (excluding diaryl/α,β-unsaturated/α-hetero) is 1. The minimum atomic E-state index is -0.250. The number of hydrogen-bond acceptors (Lipinski definition) is 3. The average molecular weight is 405 g/mol. The van der Waals surface area contributed by atoms with Crippen LogP contribution in [0, 0.1) is 0 Å². The normalized spacial score (nSPS) is 18.7. The third-order valence-electron chi connectivity index (χ3n) is 6.47. The van der Waals surface area contributed by atoms with Crippen LogP contribution in [0.1, 0.15) is 70.7 Å². The van der Waals surface area contributed by atoms with Gasteiger partial charge in [0.2, 0.25) is 0 Å². The quantitative estimate of drug-likeness (QED) is 0.652. The Hall–Kier alpha value is -2.46. The van der Waals surface area contributed by atoms with Gasteiger partial charge in [0, 0.05) is 25.2 Å². The number of carbonyl (C=O) groups excluding carboxylic acids is 2. The molecule has 4 rings (SSSR count). The van der Waals surface area contributed by atoms with E-state index in [4.69, 9.17) is 0 Å². The summed E-state index contributed by atoms with van der Waals surface area (Å²) in [4.78, 5) is 31.4. The second-order valence-electron chi connectivity index (χ2n) is 8.59. The molecule has 2 aliphatic rings. The van der Waals surface area contributed by atoms with E-state index in [9.17, 15) is 9.59 Å². The van der Waals surface area contributed by atoms with Gasteiger partial charge in [-0.3, -0.25) is 9.59 Å². The summed E-state index contributed by atoms with van der Waals surface area (Å²) in [5, 5.41) is 0. The van der Waals surface area contributed by atoms with Crippen LogP contribution < -0.4 is 0 Å². The highest BCUT2D eigenvalue weighted by atomic mass is 16.2. The van der Waals surface area contributed by atoms with E-state index in [1.807, 2.05) is 59.5 Å². The van der Waals surface area contributed by atoms with E-state index in [2.05, 4.69) is 4.90 Å². The van der Waals surface area contributed by atoms with Crippen LogP contribution >= 0.6 is 0 Å². The first kappa shape index (κ1) is 20.8. The maximum absolute atomic E-state index is 13.8. The first-order valence-corrected chi connectivity index (χ1v) is 11.4. The Morgan fingerprint density at radius 3 is 1.93 bits per heavy atom. The van der Waals surface area contributed by atoms with Crippen molar-refractivity contribution in [2.75, 3.05) is 32.7 Å². The molecule has 4 heteroatoms. The molecule has 4 nitrogen and oxygen atoms in total. The minimum Gasteiger partial charge on any atom is -0.339 e. The number of hydrogen-bond donors (Lipinski definition) is 0. The van der Waals surface area contributed by atoms with Crippen molar-refractivity contribution < 1.29 is 9.59 Å². The first-order chi connectivity index (χ1) is 14.7. The van der Waals surface area contributed by atoms with E-state index in [1.54, 1.807) is 0 Å². The monoisotopic (exact) mass is 404 g/mol. The molecule has 2 saturated heterocycles. The molecule has 2 heterocycles. The average Bonchev–Trinajstić information content (AvgIpc) is 2.83. The Bertz CT molecular complexity index is 852. The predicted octanol–water partition coefficient (Wildman–Crippen LogP) is 4.77. The van der Waals surface area contributed by atoms with E-state index in [0.717, 1.165) is 51.1 Å². The Labute approximate surface area is 179 Å². The largest absolute Gasteiger partial charge is 0.339 e. The fourth-order valence-electron chi connectivity index (χ4n) is 4.76. The van der Waals surface area contributed by atoms with Gasteiger partial charge in [-0.05, 0) is 56.8 Å². The number of benzene rings is 2. The fraction of sp³-hybridized carbons (Fsp3) is 0.462. The summed E-state index contributed by atoms with van der Waals surface area (Å²) < 4.78 is 0. The van der Waals surface area contributed by atoms with Crippen molar-refractivity contribution in [1.82, 2.24) is 9.80 Å².